The number of hydrogen-bond donors (Lipinski definition) is 2. The van der Waals surface area contributed by atoms with Crippen LogP contribution in [0.1, 0.15) is 36.1 Å². The van der Waals surface area contributed by atoms with Crippen LogP contribution in [0.2, 0.25) is 0 Å². The third-order valence-electron chi connectivity index (χ3n) is 5.32. The first-order valence-corrected chi connectivity index (χ1v) is 10.1. The molecule has 0 saturated carbocycles. The van der Waals surface area contributed by atoms with Crippen molar-refractivity contribution in [3.05, 3.63) is 65.7 Å². The molecule has 164 valence electrons. The zero-order valence-corrected chi connectivity index (χ0v) is 17.3. The Morgan fingerprint density at radius 3 is 2.39 bits per heavy atom. The molecule has 0 unspecified atom stereocenters. The summed E-state index contributed by atoms with van der Waals surface area (Å²) in [6, 6.07) is 15.1. The maximum atomic E-state index is 11.8. The maximum Gasteiger partial charge on any atom is 0.223 e. The van der Waals surface area contributed by atoms with Crippen LogP contribution in [0, 0.1) is 0 Å². The molecule has 4 rings (SSSR count). The highest BCUT2D eigenvalue weighted by atomic mass is 16.7. The van der Waals surface area contributed by atoms with E-state index in [1.165, 1.54) is 13.8 Å². The molecule has 2 saturated heterocycles. The number of Topliss-reactive ketones (excluding diaryl/α,β-unsaturated/α-hetero) is 1. The fourth-order valence-corrected chi connectivity index (χ4v) is 3.76. The van der Waals surface area contributed by atoms with Crippen molar-refractivity contribution in [2.24, 2.45) is 0 Å². The highest BCUT2D eigenvalue weighted by molar-refractivity contribution is 5.94. The number of benzene rings is 2. The van der Waals surface area contributed by atoms with Gasteiger partial charge in [-0.25, -0.2) is 0 Å². The van der Waals surface area contributed by atoms with Crippen molar-refractivity contribution >= 4 is 11.7 Å². The third kappa shape index (κ3) is 4.77. The summed E-state index contributed by atoms with van der Waals surface area (Å²) in [5.41, 5.74) is 1.38. The number of aliphatic hydroxyl groups excluding tert-OH is 1. The second kappa shape index (κ2) is 9.15. The van der Waals surface area contributed by atoms with Gasteiger partial charge in [-0.3, -0.25) is 9.59 Å². The van der Waals surface area contributed by atoms with E-state index < -0.39 is 36.9 Å². The average molecular weight is 427 g/mol. The SMILES string of the molecule is CC(=O)N[C@H]1[C@H](Oc2ccc(C(C)=O)cc2)O[C@@H]2CO[C@H](c3ccccc3)O[C@H]2[C@@H]1O. The van der Waals surface area contributed by atoms with Crippen molar-refractivity contribution in [2.75, 3.05) is 6.61 Å². The molecule has 2 aliphatic heterocycles. The lowest BCUT2D eigenvalue weighted by Gasteiger charge is -2.47. The third-order valence-corrected chi connectivity index (χ3v) is 5.32. The summed E-state index contributed by atoms with van der Waals surface area (Å²) in [6.45, 7) is 3.03. The summed E-state index contributed by atoms with van der Waals surface area (Å²) in [7, 11) is 0. The monoisotopic (exact) mass is 427 g/mol. The Hall–Kier alpha value is -2.78. The Morgan fingerprint density at radius 2 is 1.74 bits per heavy atom. The number of carbonyl (C=O) groups is 2. The van der Waals surface area contributed by atoms with Gasteiger partial charge in [0.2, 0.25) is 12.2 Å². The molecule has 2 heterocycles. The number of ketones is 1. The zero-order valence-electron chi connectivity index (χ0n) is 17.3. The average Bonchev–Trinajstić information content (AvgIpc) is 2.77. The summed E-state index contributed by atoms with van der Waals surface area (Å²) in [5, 5.41) is 13.7. The molecule has 0 radical (unpaired) electrons. The molecule has 2 fully saturated rings. The Kier molecular flexibility index (Phi) is 6.33. The first kappa shape index (κ1) is 21.5. The zero-order chi connectivity index (χ0) is 22.0. The summed E-state index contributed by atoms with van der Waals surface area (Å²) in [5.74, 6) is 0.0495. The van der Waals surface area contributed by atoms with Crippen LogP contribution in [-0.2, 0) is 19.0 Å². The molecule has 2 aliphatic rings. The summed E-state index contributed by atoms with van der Waals surface area (Å²) < 4.78 is 23.7. The van der Waals surface area contributed by atoms with Gasteiger partial charge in [0.1, 0.15) is 30.1 Å². The highest BCUT2D eigenvalue weighted by Gasteiger charge is 2.50. The van der Waals surface area contributed by atoms with E-state index in [0.29, 0.717) is 11.3 Å². The fourth-order valence-electron chi connectivity index (χ4n) is 3.76. The topological polar surface area (TPSA) is 103 Å². The van der Waals surface area contributed by atoms with Gasteiger partial charge < -0.3 is 29.4 Å². The van der Waals surface area contributed by atoms with Crippen LogP contribution in [-0.4, -0.2) is 54.0 Å². The minimum absolute atomic E-state index is 0.0562. The molecule has 0 spiro atoms. The van der Waals surface area contributed by atoms with Gasteiger partial charge in [0.25, 0.3) is 0 Å². The molecular weight excluding hydrogens is 402 g/mol. The van der Waals surface area contributed by atoms with Crippen LogP contribution in [0.3, 0.4) is 0 Å². The largest absolute Gasteiger partial charge is 0.463 e. The maximum absolute atomic E-state index is 11.8. The Bertz CT molecular complexity index is 917. The van der Waals surface area contributed by atoms with Gasteiger partial charge in [-0.1, -0.05) is 30.3 Å². The molecule has 6 atom stereocenters. The van der Waals surface area contributed by atoms with E-state index in [0.717, 1.165) is 5.56 Å². The lowest BCUT2D eigenvalue weighted by atomic mass is 9.95. The quantitative estimate of drug-likeness (QED) is 0.703. The molecule has 31 heavy (non-hydrogen) atoms. The molecule has 8 nitrogen and oxygen atoms in total. The number of amides is 1. The second-order valence-electron chi connectivity index (χ2n) is 7.63. The lowest BCUT2D eigenvalue weighted by molar-refractivity contribution is -0.333. The molecule has 0 bridgehead atoms. The van der Waals surface area contributed by atoms with E-state index >= 15 is 0 Å². The lowest BCUT2D eigenvalue weighted by Crippen LogP contribution is -2.67. The Morgan fingerprint density at radius 1 is 1.03 bits per heavy atom. The highest BCUT2D eigenvalue weighted by Crippen LogP contribution is 2.34. The van der Waals surface area contributed by atoms with Gasteiger partial charge in [-0.15, -0.1) is 0 Å². The molecule has 8 heteroatoms. The number of aliphatic hydroxyl groups is 1. The van der Waals surface area contributed by atoms with Crippen LogP contribution < -0.4 is 10.1 Å². The van der Waals surface area contributed by atoms with Gasteiger partial charge in [-0.2, -0.15) is 0 Å². The van der Waals surface area contributed by atoms with Crippen molar-refractivity contribution < 1.29 is 33.6 Å². The van der Waals surface area contributed by atoms with Crippen LogP contribution in [0.5, 0.6) is 5.75 Å². The number of carbonyl (C=O) groups excluding carboxylic acids is 2. The minimum Gasteiger partial charge on any atom is -0.463 e. The molecule has 2 aromatic rings. The summed E-state index contributed by atoms with van der Waals surface area (Å²) >= 11 is 0. The molecule has 0 aromatic heterocycles. The normalized spacial score (nSPS) is 30.2. The number of rotatable bonds is 5. The Balaban J connectivity index is 1.52. The molecule has 2 aromatic carbocycles. The van der Waals surface area contributed by atoms with E-state index in [2.05, 4.69) is 5.32 Å². The summed E-state index contributed by atoms with van der Waals surface area (Å²) in [4.78, 5) is 23.3. The first-order valence-electron chi connectivity index (χ1n) is 10.1. The van der Waals surface area contributed by atoms with E-state index in [1.807, 2.05) is 30.3 Å². The van der Waals surface area contributed by atoms with E-state index in [-0.39, 0.29) is 18.3 Å². The molecule has 0 aliphatic carbocycles. The minimum atomic E-state index is -1.08. The van der Waals surface area contributed by atoms with Gasteiger partial charge in [-0.05, 0) is 31.2 Å². The van der Waals surface area contributed by atoms with Crippen LogP contribution in [0.25, 0.3) is 0 Å². The number of nitrogens with one attached hydrogen (secondary N) is 1. The van der Waals surface area contributed by atoms with Crippen molar-refractivity contribution in [2.45, 2.75) is 50.8 Å². The van der Waals surface area contributed by atoms with E-state index in [4.69, 9.17) is 18.9 Å². The van der Waals surface area contributed by atoms with Crippen molar-refractivity contribution in [1.29, 1.82) is 0 Å². The van der Waals surface area contributed by atoms with Crippen molar-refractivity contribution in [3.63, 3.8) is 0 Å². The van der Waals surface area contributed by atoms with Crippen LogP contribution in [0.4, 0.5) is 0 Å². The van der Waals surface area contributed by atoms with Crippen molar-refractivity contribution in [1.82, 2.24) is 5.32 Å². The molecule has 2 N–H and O–H groups in total. The van der Waals surface area contributed by atoms with Gasteiger partial charge >= 0.3 is 0 Å². The Labute approximate surface area is 180 Å². The van der Waals surface area contributed by atoms with Gasteiger partial charge in [0, 0.05) is 18.1 Å². The van der Waals surface area contributed by atoms with E-state index in [1.54, 1.807) is 24.3 Å². The van der Waals surface area contributed by atoms with Gasteiger partial charge in [0.15, 0.2) is 12.1 Å². The molecular formula is C23H25NO7. The van der Waals surface area contributed by atoms with E-state index in [9.17, 15) is 14.7 Å². The number of ether oxygens (including phenoxy) is 4. The van der Waals surface area contributed by atoms with Crippen LogP contribution >= 0.6 is 0 Å². The second-order valence-corrected chi connectivity index (χ2v) is 7.63. The smallest absolute Gasteiger partial charge is 0.223 e. The number of fused-ring (bicyclic) bond motifs is 1. The summed E-state index contributed by atoms with van der Waals surface area (Å²) in [6.07, 6.45) is -3.99. The number of hydrogen-bond acceptors (Lipinski definition) is 7. The van der Waals surface area contributed by atoms with Crippen LogP contribution in [0.15, 0.2) is 54.6 Å². The fraction of sp³-hybridized carbons (Fsp3) is 0.391. The predicted octanol–water partition coefficient (Wildman–Crippen LogP) is 1.97. The first-order chi connectivity index (χ1) is 14.9. The standard InChI is InChI=1S/C23H25NO7/c1-13(25)15-8-10-17(11-9-15)29-23-19(24-14(2)26)20(27)21-18(30-23)12-28-22(31-21)16-6-4-3-5-7-16/h3-11,18-23,27H,12H2,1-2H3,(H,24,26)/t18-,19-,20-,21-,22+,23-/m1/s1. The van der Waals surface area contributed by atoms with Crippen molar-refractivity contribution in [3.8, 4) is 5.75 Å². The molecule has 1 amide bonds. The van der Waals surface area contributed by atoms with Gasteiger partial charge in [0.05, 0.1) is 6.61 Å². The predicted molar refractivity (Wildman–Crippen MR) is 109 cm³/mol.